The first-order valence-corrected chi connectivity index (χ1v) is 5.84. The van der Waals surface area contributed by atoms with Crippen molar-refractivity contribution in [3.8, 4) is 0 Å². The average Bonchev–Trinajstić information content (AvgIpc) is 2.29. The van der Waals surface area contributed by atoms with Crippen LogP contribution in [0.25, 0.3) is 0 Å². The number of nitrogens with one attached hydrogen (secondary N) is 1. The van der Waals surface area contributed by atoms with Gasteiger partial charge < -0.3 is 15.8 Å². The molecule has 1 amide bonds. The van der Waals surface area contributed by atoms with Crippen molar-refractivity contribution in [2.75, 3.05) is 19.8 Å². The van der Waals surface area contributed by atoms with Crippen LogP contribution in [0.2, 0.25) is 5.02 Å². The molecule has 3 N–H and O–H groups in total. The third-order valence-electron chi connectivity index (χ3n) is 2.24. The molecule has 0 fully saturated rings. The van der Waals surface area contributed by atoms with Crippen LogP contribution in [-0.4, -0.2) is 25.7 Å². The first-order valence-electron chi connectivity index (χ1n) is 5.46. The normalized spacial score (nSPS) is 12.2. The molecule has 1 aromatic rings. The van der Waals surface area contributed by atoms with E-state index in [2.05, 4.69) is 5.32 Å². The van der Waals surface area contributed by atoms with Crippen LogP contribution in [0.15, 0.2) is 24.3 Å². The van der Waals surface area contributed by atoms with Gasteiger partial charge in [-0.1, -0.05) is 29.8 Å². The number of ether oxygens (including phenoxy) is 1. The SMILES string of the molecule is CC(NC(=O)COCCN)c1ccccc1Cl. The lowest BCUT2D eigenvalue weighted by Crippen LogP contribution is -2.31. The molecule has 0 radical (unpaired) electrons. The molecule has 0 aliphatic carbocycles. The number of rotatable bonds is 6. The summed E-state index contributed by atoms with van der Waals surface area (Å²) in [5.41, 5.74) is 6.14. The van der Waals surface area contributed by atoms with Crippen molar-refractivity contribution in [1.82, 2.24) is 5.32 Å². The standard InChI is InChI=1S/C12H17ClN2O2/c1-9(10-4-2-3-5-11(10)13)15-12(16)8-17-7-6-14/h2-5,9H,6-8,14H2,1H3,(H,15,16). The maximum atomic E-state index is 11.5. The first kappa shape index (κ1) is 14.0. The molecule has 1 atom stereocenters. The van der Waals surface area contributed by atoms with E-state index in [1.54, 1.807) is 6.07 Å². The Balaban J connectivity index is 2.46. The van der Waals surface area contributed by atoms with Gasteiger partial charge in [-0.2, -0.15) is 0 Å². The van der Waals surface area contributed by atoms with E-state index in [9.17, 15) is 4.79 Å². The Bertz CT molecular complexity index is 371. The second-order valence-electron chi connectivity index (χ2n) is 3.65. The van der Waals surface area contributed by atoms with E-state index in [-0.39, 0.29) is 18.6 Å². The van der Waals surface area contributed by atoms with Crippen molar-refractivity contribution in [1.29, 1.82) is 0 Å². The van der Waals surface area contributed by atoms with Gasteiger partial charge in [-0.25, -0.2) is 0 Å². The van der Waals surface area contributed by atoms with E-state index in [0.717, 1.165) is 5.56 Å². The summed E-state index contributed by atoms with van der Waals surface area (Å²) in [6.45, 7) is 2.69. The quantitative estimate of drug-likeness (QED) is 0.758. The molecular formula is C12H17ClN2O2. The minimum atomic E-state index is -0.175. The number of hydrogen-bond acceptors (Lipinski definition) is 3. The summed E-state index contributed by atoms with van der Waals surface area (Å²) >= 11 is 6.03. The molecule has 94 valence electrons. The predicted molar refractivity (Wildman–Crippen MR) is 67.9 cm³/mol. The molecule has 17 heavy (non-hydrogen) atoms. The van der Waals surface area contributed by atoms with Crippen molar-refractivity contribution in [3.63, 3.8) is 0 Å². The van der Waals surface area contributed by atoms with Crippen molar-refractivity contribution < 1.29 is 9.53 Å². The lowest BCUT2D eigenvalue weighted by molar-refractivity contribution is -0.126. The number of hydrogen-bond donors (Lipinski definition) is 2. The molecule has 0 aromatic heterocycles. The molecule has 0 aliphatic rings. The molecule has 0 bridgehead atoms. The highest BCUT2D eigenvalue weighted by atomic mass is 35.5. The minimum absolute atomic E-state index is 0.0198. The largest absolute Gasteiger partial charge is 0.370 e. The summed E-state index contributed by atoms with van der Waals surface area (Å²) in [6, 6.07) is 7.27. The van der Waals surface area contributed by atoms with Gasteiger partial charge in [-0.15, -0.1) is 0 Å². The first-order chi connectivity index (χ1) is 8.15. The van der Waals surface area contributed by atoms with Crippen LogP contribution >= 0.6 is 11.6 Å². The molecule has 4 nitrogen and oxygen atoms in total. The second-order valence-corrected chi connectivity index (χ2v) is 4.06. The number of halogens is 1. The number of amides is 1. The molecule has 1 unspecified atom stereocenters. The number of benzene rings is 1. The second kappa shape index (κ2) is 7.27. The summed E-state index contributed by atoms with van der Waals surface area (Å²) in [6.07, 6.45) is 0. The molecule has 5 heteroatoms. The highest BCUT2D eigenvalue weighted by molar-refractivity contribution is 6.31. The molecule has 0 saturated carbocycles. The Morgan fingerprint density at radius 1 is 1.53 bits per heavy atom. The van der Waals surface area contributed by atoms with Crippen molar-refractivity contribution >= 4 is 17.5 Å². The third kappa shape index (κ3) is 4.73. The van der Waals surface area contributed by atoms with Crippen LogP contribution in [0.5, 0.6) is 0 Å². The van der Waals surface area contributed by atoms with Gasteiger partial charge in [0.1, 0.15) is 6.61 Å². The minimum Gasteiger partial charge on any atom is -0.370 e. The lowest BCUT2D eigenvalue weighted by Gasteiger charge is -2.15. The van der Waals surface area contributed by atoms with E-state index in [0.29, 0.717) is 18.2 Å². The van der Waals surface area contributed by atoms with E-state index < -0.39 is 0 Å². The fourth-order valence-electron chi connectivity index (χ4n) is 1.44. The Hall–Kier alpha value is -1.10. The Kier molecular flexibility index (Phi) is 5.97. The monoisotopic (exact) mass is 256 g/mol. The summed E-state index contributed by atoms with van der Waals surface area (Å²) in [5, 5.41) is 3.45. The fourth-order valence-corrected chi connectivity index (χ4v) is 1.73. The van der Waals surface area contributed by atoms with Crippen molar-refractivity contribution in [3.05, 3.63) is 34.9 Å². The molecular weight excluding hydrogens is 240 g/mol. The average molecular weight is 257 g/mol. The van der Waals surface area contributed by atoms with Crippen LogP contribution in [0.4, 0.5) is 0 Å². The molecule has 0 spiro atoms. The van der Waals surface area contributed by atoms with Crippen LogP contribution in [0, 0.1) is 0 Å². The van der Waals surface area contributed by atoms with Gasteiger partial charge in [-0.05, 0) is 18.6 Å². The summed E-state index contributed by atoms with van der Waals surface area (Å²) in [5.74, 6) is -0.175. The molecule has 0 aliphatic heterocycles. The number of nitrogens with two attached hydrogens (primary N) is 1. The van der Waals surface area contributed by atoms with Gasteiger partial charge in [0, 0.05) is 11.6 Å². The Morgan fingerprint density at radius 2 is 2.24 bits per heavy atom. The number of carbonyl (C=O) groups is 1. The van der Waals surface area contributed by atoms with Crippen molar-refractivity contribution in [2.45, 2.75) is 13.0 Å². The van der Waals surface area contributed by atoms with E-state index in [1.807, 2.05) is 25.1 Å². The van der Waals surface area contributed by atoms with Gasteiger partial charge in [0.05, 0.1) is 12.6 Å². The third-order valence-corrected chi connectivity index (χ3v) is 2.59. The maximum Gasteiger partial charge on any atom is 0.246 e. The Labute approximate surface area is 106 Å². The molecule has 1 rings (SSSR count). The van der Waals surface area contributed by atoms with E-state index >= 15 is 0 Å². The van der Waals surface area contributed by atoms with Gasteiger partial charge in [0.2, 0.25) is 5.91 Å². The zero-order valence-electron chi connectivity index (χ0n) is 9.78. The van der Waals surface area contributed by atoms with Crippen molar-refractivity contribution in [2.24, 2.45) is 5.73 Å². The van der Waals surface area contributed by atoms with Crippen LogP contribution in [0.1, 0.15) is 18.5 Å². The van der Waals surface area contributed by atoms with Crippen LogP contribution < -0.4 is 11.1 Å². The zero-order chi connectivity index (χ0) is 12.7. The van der Waals surface area contributed by atoms with Gasteiger partial charge in [0.15, 0.2) is 0 Å². The van der Waals surface area contributed by atoms with Crippen LogP contribution in [0.3, 0.4) is 0 Å². The van der Waals surface area contributed by atoms with Gasteiger partial charge in [0.25, 0.3) is 0 Å². The molecule has 0 heterocycles. The fraction of sp³-hybridized carbons (Fsp3) is 0.417. The van der Waals surface area contributed by atoms with Crippen LogP contribution in [-0.2, 0) is 9.53 Å². The summed E-state index contributed by atoms with van der Waals surface area (Å²) < 4.78 is 5.04. The topological polar surface area (TPSA) is 64.3 Å². The lowest BCUT2D eigenvalue weighted by atomic mass is 10.1. The molecule has 1 aromatic carbocycles. The highest BCUT2D eigenvalue weighted by Crippen LogP contribution is 2.21. The van der Waals surface area contributed by atoms with E-state index in [4.69, 9.17) is 22.1 Å². The summed E-state index contributed by atoms with van der Waals surface area (Å²) in [4.78, 5) is 11.5. The predicted octanol–water partition coefficient (Wildman–Crippen LogP) is 1.49. The smallest absolute Gasteiger partial charge is 0.246 e. The molecule has 0 saturated heterocycles. The van der Waals surface area contributed by atoms with Gasteiger partial charge in [-0.3, -0.25) is 4.79 Å². The Morgan fingerprint density at radius 3 is 2.88 bits per heavy atom. The maximum absolute atomic E-state index is 11.5. The summed E-state index contributed by atoms with van der Waals surface area (Å²) in [7, 11) is 0. The van der Waals surface area contributed by atoms with Gasteiger partial charge >= 0.3 is 0 Å². The number of carbonyl (C=O) groups excluding carboxylic acids is 1. The van der Waals surface area contributed by atoms with E-state index in [1.165, 1.54) is 0 Å². The zero-order valence-corrected chi connectivity index (χ0v) is 10.5. The highest BCUT2D eigenvalue weighted by Gasteiger charge is 2.11.